The Bertz CT molecular complexity index is 1040. The molecule has 160 valence electrons. The van der Waals surface area contributed by atoms with Gasteiger partial charge < -0.3 is 14.6 Å². The fraction of sp³-hybridized carbons (Fsp3) is 0.217. The first-order valence-corrected chi connectivity index (χ1v) is 10.4. The van der Waals surface area contributed by atoms with Gasteiger partial charge in [-0.15, -0.1) is 0 Å². The van der Waals surface area contributed by atoms with Crippen LogP contribution in [0.5, 0.6) is 5.75 Å². The van der Waals surface area contributed by atoms with E-state index in [-0.39, 0.29) is 12.4 Å². The van der Waals surface area contributed by atoms with Gasteiger partial charge in [-0.1, -0.05) is 41.6 Å². The monoisotopic (exact) mass is 439 g/mol. The van der Waals surface area contributed by atoms with Gasteiger partial charge in [-0.25, -0.2) is 9.79 Å². The van der Waals surface area contributed by atoms with Gasteiger partial charge in [-0.05, 0) is 49.8 Å². The van der Waals surface area contributed by atoms with Gasteiger partial charge >= 0.3 is 11.9 Å². The molecule has 0 saturated carbocycles. The number of aliphatic imine (C=N–C) groups is 1. The van der Waals surface area contributed by atoms with E-state index in [9.17, 15) is 14.4 Å². The highest BCUT2D eigenvalue weighted by molar-refractivity contribution is 8.19. The summed E-state index contributed by atoms with van der Waals surface area (Å²) in [4.78, 5) is 40.9. The molecule has 1 heterocycles. The molecule has 1 unspecified atom stereocenters. The maximum atomic E-state index is 13.0. The second-order valence-electron chi connectivity index (χ2n) is 6.70. The zero-order chi connectivity index (χ0) is 22.4. The van der Waals surface area contributed by atoms with Crippen LogP contribution in [0.4, 0.5) is 5.69 Å². The van der Waals surface area contributed by atoms with Crippen LogP contribution in [0.2, 0.25) is 0 Å². The number of carbonyl (C=O) groups is 3. The van der Waals surface area contributed by atoms with Crippen molar-refractivity contribution in [1.29, 1.82) is 0 Å². The van der Waals surface area contributed by atoms with Gasteiger partial charge in [0.2, 0.25) is 0 Å². The lowest BCUT2D eigenvalue weighted by Gasteiger charge is -2.07. The Balaban J connectivity index is 1.87. The Labute approximate surface area is 183 Å². The molecule has 7 nitrogen and oxygen atoms in total. The summed E-state index contributed by atoms with van der Waals surface area (Å²) >= 11 is 1.15. The summed E-state index contributed by atoms with van der Waals surface area (Å²) in [7, 11) is 0. The van der Waals surface area contributed by atoms with Crippen LogP contribution in [0.25, 0.3) is 6.08 Å². The summed E-state index contributed by atoms with van der Waals surface area (Å²) in [5.74, 6) is -2.73. The Morgan fingerprint density at radius 1 is 1.13 bits per heavy atom. The molecule has 8 heteroatoms. The molecule has 2 aromatic rings. The summed E-state index contributed by atoms with van der Waals surface area (Å²) in [5, 5.41) is 9.05. The number of hydrogen-bond acceptors (Lipinski definition) is 7. The van der Waals surface area contributed by atoms with Crippen molar-refractivity contribution in [3.05, 3.63) is 64.6 Å². The third-order valence-electron chi connectivity index (χ3n) is 4.30. The molecule has 1 aliphatic rings. The molecule has 0 spiro atoms. The number of thioether (sulfide) groups is 1. The lowest BCUT2D eigenvalue weighted by Crippen LogP contribution is -2.27. The molecule has 3 rings (SSSR count). The van der Waals surface area contributed by atoms with E-state index in [0.717, 1.165) is 17.3 Å². The van der Waals surface area contributed by atoms with Crippen molar-refractivity contribution in [3.8, 4) is 5.75 Å². The summed E-state index contributed by atoms with van der Waals surface area (Å²) in [6.07, 6.45) is 1.66. The SMILES string of the molecule is CCOC(=O)C1C(=O)/C(=C/c2ccc(OCC(=O)O)cc2)SC1=Nc1ccc(C)cc1. The molecule has 2 aromatic carbocycles. The fourth-order valence-corrected chi connectivity index (χ4v) is 3.91. The third kappa shape index (κ3) is 5.82. The smallest absolute Gasteiger partial charge is 0.341 e. The first-order valence-electron chi connectivity index (χ1n) is 9.57. The number of ketones is 1. The average Bonchev–Trinajstić information content (AvgIpc) is 3.04. The minimum atomic E-state index is -1.09. The quantitative estimate of drug-likeness (QED) is 0.395. The molecular weight excluding hydrogens is 418 g/mol. The number of allylic oxidation sites excluding steroid dienone is 1. The van der Waals surface area contributed by atoms with Crippen LogP contribution >= 0.6 is 11.8 Å². The van der Waals surface area contributed by atoms with Gasteiger partial charge in [-0.2, -0.15) is 0 Å². The van der Waals surface area contributed by atoms with Crippen LogP contribution in [0.1, 0.15) is 18.1 Å². The van der Waals surface area contributed by atoms with Crippen molar-refractivity contribution >= 4 is 46.3 Å². The number of carboxylic acid groups (broad SMARTS) is 1. The van der Waals surface area contributed by atoms with Crippen LogP contribution in [0, 0.1) is 12.8 Å². The van der Waals surface area contributed by atoms with E-state index in [4.69, 9.17) is 14.6 Å². The van der Waals surface area contributed by atoms with E-state index in [1.165, 1.54) is 0 Å². The highest BCUT2D eigenvalue weighted by Gasteiger charge is 2.42. The largest absolute Gasteiger partial charge is 0.482 e. The minimum Gasteiger partial charge on any atom is -0.482 e. The molecule has 0 radical (unpaired) electrons. The summed E-state index contributed by atoms with van der Waals surface area (Å²) in [6, 6.07) is 14.1. The van der Waals surface area contributed by atoms with E-state index in [1.807, 2.05) is 31.2 Å². The number of benzene rings is 2. The van der Waals surface area contributed by atoms with Crippen LogP contribution in [-0.4, -0.2) is 41.1 Å². The number of aliphatic carboxylic acids is 1. The number of hydrogen-bond donors (Lipinski definition) is 1. The van der Waals surface area contributed by atoms with E-state index in [1.54, 1.807) is 37.3 Å². The van der Waals surface area contributed by atoms with Gasteiger partial charge in [0.15, 0.2) is 18.3 Å². The molecule has 1 N–H and O–H groups in total. The van der Waals surface area contributed by atoms with Crippen LogP contribution in [0.15, 0.2) is 58.4 Å². The van der Waals surface area contributed by atoms with Crippen molar-refractivity contribution < 1.29 is 29.0 Å². The number of carboxylic acids is 1. The molecule has 0 aromatic heterocycles. The van der Waals surface area contributed by atoms with Gasteiger partial charge in [-0.3, -0.25) is 9.59 Å². The van der Waals surface area contributed by atoms with E-state index < -0.39 is 24.5 Å². The molecule has 0 amide bonds. The maximum absolute atomic E-state index is 13.0. The minimum absolute atomic E-state index is 0.169. The third-order valence-corrected chi connectivity index (χ3v) is 5.38. The Hall–Kier alpha value is -3.39. The fourth-order valence-electron chi connectivity index (χ4n) is 2.80. The summed E-state index contributed by atoms with van der Waals surface area (Å²) < 4.78 is 10.2. The van der Waals surface area contributed by atoms with Crippen LogP contribution in [-0.2, 0) is 19.1 Å². The van der Waals surface area contributed by atoms with Crippen molar-refractivity contribution in [1.82, 2.24) is 0 Å². The summed E-state index contributed by atoms with van der Waals surface area (Å²) in [5.41, 5.74) is 2.44. The van der Waals surface area contributed by atoms with Crippen molar-refractivity contribution in [2.45, 2.75) is 13.8 Å². The van der Waals surface area contributed by atoms with Crippen molar-refractivity contribution in [3.63, 3.8) is 0 Å². The second kappa shape index (κ2) is 10.1. The van der Waals surface area contributed by atoms with Gasteiger partial charge in [0.25, 0.3) is 0 Å². The highest BCUT2D eigenvalue weighted by Crippen LogP contribution is 2.38. The lowest BCUT2D eigenvalue weighted by atomic mass is 10.0. The topological polar surface area (TPSA) is 102 Å². The predicted octanol–water partition coefficient (Wildman–Crippen LogP) is 4.02. The lowest BCUT2D eigenvalue weighted by molar-refractivity contribution is -0.147. The first-order chi connectivity index (χ1) is 14.9. The molecule has 0 aliphatic carbocycles. The standard InChI is InChI=1S/C23H21NO6S/c1-3-29-23(28)20-21(27)18(31-22(20)24-16-8-4-14(2)5-9-16)12-15-6-10-17(11-7-15)30-13-19(25)26/h4-12,20H,3,13H2,1-2H3,(H,25,26)/b18-12-,24-22?. The molecule has 31 heavy (non-hydrogen) atoms. The normalized spacial score (nSPS) is 18.4. The Kier molecular flexibility index (Phi) is 7.25. The maximum Gasteiger partial charge on any atom is 0.341 e. The van der Waals surface area contributed by atoms with Crippen LogP contribution in [0.3, 0.4) is 0 Å². The highest BCUT2D eigenvalue weighted by atomic mass is 32.2. The van der Waals surface area contributed by atoms with Gasteiger partial charge in [0.05, 0.1) is 17.2 Å². The number of carbonyl (C=O) groups excluding carboxylic acids is 2. The molecular formula is C23H21NO6S. The molecule has 0 bridgehead atoms. The zero-order valence-corrected chi connectivity index (χ0v) is 17.8. The van der Waals surface area contributed by atoms with Crippen molar-refractivity contribution in [2.24, 2.45) is 10.9 Å². The number of nitrogens with zero attached hydrogens (tertiary/aromatic N) is 1. The predicted molar refractivity (Wildman–Crippen MR) is 119 cm³/mol. The molecule has 1 saturated heterocycles. The number of esters is 1. The van der Waals surface area contributed by atoms with E-state index >= 15 is 0 Å². The number of aryl methyl sites for hydroxylation is 1. The van der Waals surface area contributed by atoms with Gasteiger partial charge in [0.1, 0.15) is 10.8 Å². The number of ether oxygens (including phenoxy) is 2. The molecule has 1 atom stereocenters. The van der Waals surface area contributed by atoms with Crippen LogP contribution < -0.4 is 4.74 Å². The number of Topliss-reactive ketones (excluding diaryl/α,β-unsaturated/α-hetero) is 1. The molecule has 1 aliphatic heterocycles. The van der Waals surface area contributed by atoms with E-state index in [0.29, 0.717) is 26.9 Å². The number of rotatable bonds is 7. The van der Waals surface area contributed by atoms with Crippen molar-refractivity contribution in [2.75, 3.05) is 13.2 Å². The average molecular weight is 439 g/mol. The zero-order valence-electron chi connectivity index (χ0n) is 17.0. The first kappa shape index (κ1) is 22.3. The summed E-state index contributed by atoms with van der Waals surface area (Å²) in [6.45, 7) is 3.38. The Morgan fingerprint density at radius 2 is 1.81 bits per heavy atom. The molecule has 1 fully saturated rings. The van der Waals surface area contributed by atoms with Gasteiger partial charge in [0, 0.05) is 0 Å². The second-order valence-corrected chi connectivity index (χ2v) is 7.76. The van der Waals surface area contributed by atoms with E-state index in [2.05, 4.69) is 4.99 Å². The Morgan fingerprint density at radius 3 is 2.42 bits per heavy atom.